The Labute approximate surface area is 180 Å². The number of nitrogens with zero attached hydrogens (tertiary/aromatic N) is 2. The maximum atomic E-state index is 13.8. The lowest BCUT2D eigenvalue weighted by Crippen LogP contribution is -2.45. The molecule has 2 aromatic rings. The summed E-state index contributed by atoms with van der Waals surface area (Å²) in [5, 5.41) is -0.00811. The smallest absolute Gasteiger partial charge is 0.326 e. The summed E-state index contributed by atoms with van der Waals surface area (Å²) in [5.41, 5.74) is 0.502. The molecule has 1 N–H and O–H groups in total. The number of likely N-dealkylation sites (tertiary alicyclic amines) is 1. The molecule has 8 heteroatoms. The number of fused-ring (bicyclic) bond motifs is 1. The molecule has 0 bridgehead atoms. The molecule has 4 rings (SSSR count). The molecule has 30 heavy (non-hydrogen) atoms. The van der Waals surface area contributed by atoms with Crippen molar-refractivity contribution in [3.05, 3.63) is 33.2 Å². The zero-order valence-corrected chi connectivity index (χ0v) is 18.4. The molecule has 0 unspecified atom stereocenters. The minimum Gasteiger partial charge on any atom is -0.379 e. The number of rotatable bonds is 5. The summed E-state index contributed by atoms with van der Waals surface area (Å²) >= 11 is 6.14. The van der Waals surface area contributed by atoms with Gasteiger partial charge in [0.15, 0.2) is 0 Å². The number of benzene rings is 1. The number of nitrogens with one attached hydrogen (secondary N) is 1. The molecule has 1 aromatic carbocycles. The van der Waals surface area contributed by atoms with Crippen LogP contribution in [-0.2, 0) is 10.7 Å². The normalized spacial score (nSPS) is 24.6. The summed E-state index contributed by atoms with van der Waals surface area (Å²) in [6, 6.07) is 3.45. The number of H-pyrrole nitrogens is 1. The van der Waals surface area contributed by atoms with E-state index < -0.39 is 5.92 Å². The number of hydrogen-bond donors (Lipinski definition) is 1. The lowest BCUT2D eigenvalue weighted by atomic mass is 9.90. The molecule has 1 aliphatic heterocycles. The van der Waals surface area contributed by atoms with E-state index in [0.29, 0.717) is 23.2 Å². The Balaban J connectivity index is 1.47. The van der Waals surface area contributed by atoms with Crippen molar-refractivity contribution in [1.29, 1.82) is 0 Å². The lowest BCUT2D eigenvalue weighted by molar-refractivity contribution is 0.00795. The van der Waals surface area contributed by atoms with Crippen molar-refractivity contribution in [1.82, 2.24) is 14.5 Å². The monoisotopic (exact) mass is 441 g/mol. The van der Waals surface area contributed by atoms with Gasteiger partial charge in [-0.3, -0.25) is 4.57 Å². The molecular weight excluding hydrogens is 412 g/mol. The van der Waals surface area contributed by atoms with Gasteiger partial charge in [-0.15, -0.1) is 0 Å². The Morgan fingerprint density at radius 2 is 1.80 bits per heavy atom. The SMILES string of the molecule is CCOC1CCC(N2CCC(n3c(=O)[nH]c4cc(C(C)(F)F)c(Cl)cc43)CC2)CC1. The zero-order chi connectivity index (χ0) is 21.5. The van der Waals surface area contributed by atoms with Crippen LogP contribution in [0.5, 0.6) is 0 Å². The van der Waals surface area contributed by atoms with Crippen LogP contribution in [-0.4, -0.2) is 46.3 Å². The van der Waals surface area contributed by atoms with Crippen LogP contribution >= 0.6 is 11.6 Å². The number of aromatic nitrogens is 2. The van der Waals surface area contributed by atoms with E-state index in [-0.39, 0.29) is 22.3 Å². The molecule has 1 saturated heterocycles. The molecular formula is C22H30ClF2N3O2. The largest absolute Gasteiger partial charge is 0.379 e. The van der Waals surface area contributed by atoms with Crippen molar-refractivity contribution >= 4 is 22.6 Å². The van der Waals surface area contributed by atoms with Crippen LogP contribution in [0.25, 0.3) is 11.0 Å². The van der Waals surface area contributed by atoms with Gasteiger partial charge in [-0.1, -0.05) is 11.6 Å². The Bertz CT molecular complexity index is 936. The Hall–Kier alpha value is -1.44. The molecule has 2 heterocycles. The first-order valence-electron chi connectivity index (χ1n) is 11.0. The van der Waals surface area contributed by atoms with Gasteiger partial charge < -0.3 is 14.6 Å². The quantitative estimate of drug-likeness (QED) is 0.704. The van der Waals surface area contributed by atoms with Crippen molar-refractivity contribution in [2.45, 2.75) is 76.5 Å². The number of piperidine rings is 1. The minimum absolute atomic E-state index is 0.00811. The average molecular weight is 442 g/mol. The number of ether oxygens (including phenoxy) is 1. The summed E-state index contributed by atoms with van der Waals surface area (Å²) in [7, 11) is 0. The van der Waals surface area contributed by atoms with Gasteiger partial charge in [-0.2, -0.15) is 0 Å². The molecule has 2 fully saturated rings. The molecule has 1 saturated carbocycles. The van der Waals surface area contributed by atoms with Crippen LogP contribution in [0.2, 0.25) is 5.02 Å². The van der Waals surface area contributed by atoms with Crippen molar-refractivity contribution in [3.8, 4) is 0 Å². The second-order valence-corrected chi connectivity index (χ2v) is 9.10. The lowest BCUT2D eigenvalue weighted by Gasteiger charge is -2.41. The van der Waals surface area contributed by atoms with Gasteiger partial charge in [0.1, 0.15) is 0 Å². The van der Waals surface area contributed by atoms with E-state index in [0.717, 1.165) is 65.1 Å². The van der Waals surface area contributed by atoms with Gasteiger partial charge in [0.05, 0.1) is 22.2 Å². The summed E-state index contributed by atoms with van der Waals surface area (Å²) in [6.45, 7) is 5.51. The molecule has 0 amide bonds. The Morgan fingerprint density at radius 1 is 1.13 bits per heavy atom. The topological polar surface area (TPSA) is 50.3 Å². The van der Waals surface area contributed by atoms with Crippen molar-refractivity contribution in [2.24, 2.45) is 0 Å². The highest BCUT2D eigenvalue weighted by Gasteiger charge is 2.32. The fourth-order valence-corrected chi connectivity index (χ4v) is 5.49. The average Bonchev–Trinajstić information content (AvgIpc) is 3.02. The van der Waals surface area contributed by atoms with Crippen molar-refractivity contribution < 1.29 is 13.5 Å². The van der Waals surface area contributed by atoms with E-state index >= 15 is 0 Å². The second kappa shape index (κ2) is 8.60. The van der Waals surface area contributed by atoms with Crippen LogP contribution in [0, 0.1) is 0 Å². The van der Waals surface area contributed by atoms with Gasteiger partial charge in [-0.25, -0.2) is 13.6 Å². The van der Waals surface area contributed by atoms with Gasteiger partial charge in [0, 0.05) is 44.3 Å². The highest BCUT2D eigenvalue weighted by atomic mass is 35.5. The fourth-order valence-electron chi connectivity index (χ4n) is 5.17. The highest BCUT2D eigenvalue weighted by Crippen LogP contribution is 2.36. The van der Waals surface area contributed by atoms with E-state index in [1.165, 1.54) is 12.1 Å². The molecule has 0 spiro atoms. The number of alkyl halides is 2. The van der Waals surface area contributed by atoms with Gasteiger partial charge >= 0.3 is 5.69 Å². The first-order chi connectivity index (χ1) is 14.3. The van der Waals surface area contributed by atoms with Crippen LogP contribution in [0.1, 0.15) is 64.0 Å². The third-order valence-corrected chi connectivity index (χ3v) is 7.02. The van der Waals surface area contributed by atoms with Crippen LogP contribution in [0.3, 0.4) is 0 Å². The third kappa shape index (κ3) is 4.30. The molecule has 166 valence electrons. The van der Waals surface area contributed by atoms with Crippen LogP contribution in [0.4, 0.5) is 8.78 Å². The standard InChI is InChI=1S/C22H30ClF2N3O2/c1-3-30-16-6-4-14(5-7-16)27-10-8-15(9-11-27)28-20-13-18(23)17(22(2,24)25)12-19(20)26-21(28)29/h12-16H,3-11H2,1-2H3,(H,26,29). The predicted molar refractivity (Wildman–Crippen MR) is 115 cm³/mol. The van der Waals surface area contributed by atoms with Gasteiger partial charge in [0.25, 0.3) is 5.92 Å². The van der Waals surface area contributed by atoms with Gasteiger partial charge in [-0.05, 0) is 57.6 Å². The van der Waals surface area contributed by atoms with E-state index in [2.05, 4.69) is 9.88 Å². The molecule has 0 atom stereocenters. The highest BCUT2D eigenvalue weighted by molar-refractivity contribution is 6.32. The van der Waals surface area contributed by atoms with E-state index in [4.69, 9.17) is 16.3 Å². The van der Waals surface area contributed by atoms with Crippen LogP contribution in [0.15, 0.2) is 16.9 Å². The molecule has 1 aliphatic carbocycles. The number of halogens is 3. The van der Waals surface area contributed by atoms with Crippen molar-refractivity contribution in [2.75, 3.05) is 19.7 Å². The molecule has 5 nitrogen and oxygen atoms in total. The summed E-state index contributed by atoms with van der Waals surface area (Å²) in [4.78, 5) is 17.9. The number of aromatic amines is 1. The van der Waals surface area contributed by atoms with Crippen LogP contribution < -0.4 is 5.69 Å². The number of hydrogen-bond acceptors (Lipinski definition) is 3. The van der Waals surface area contributed by atoms with Crippen molar-refractivity contribution in [3.63, 3.8) is 0 Å². The molecule has 2 aliphatic rings. The Morgan fingerprint density at radius 3 is 2.40 bits per heavy atom. The minimum atomic E-state index is -3.06. The third-order valence-electron chi connectivity index (χ3n) is 6.70. The molecule has 0 radical (unpaired) electrons. The summed E-state index contributed by atoms with van der Waals surface area (Å²) in [5.74, 6) is -3.06. The summed E-state index contributed by atoms with van der Waals surface area (Å²) < 4.78 is 35.1. The first-order valence-corrected chi connectivity index (χ1v) is 11.3. The molecule has 1 aromatic heterocycles. The summed E-state index contributed by atoms with van der Waals surface area (Å²) in [6.07, 6.45) is 6.67. The first kappa shape index (κ1) is 21.8. The van der Waals surface area contributed by atoms with E-state index in [1.54, 1.807) is 4.57 Å². The van der Waals surface area contributed by atoms with E-state index in [1.807, 2.05) is 6.92 Å². The maximum absolute atomic E-state index is 13.8. The zero-order valence-electron chi connectivity index (χ0n) is 17.6. The Kier molecular flexibility index (Phi) is 6.24. The number of imidazole rings is 1. The van der Waals surface area contributed by atoms with Gasteiger partial charge in [0.2, 0.25) is 0 Å². The van der Waals surface area contributed by atoms with E-state index in [9.17, 15) is 13.6 Å². The predicted octanol–water partition coefficient (Wildman–Crippen LogP) is 5.08. The fraction of sp³-hybridized carbons (Fsp3) is 0.682. The maximum Gasteiger partial charge on any atom is 0.326 e. The second-order valence-electron chi connectivity index (χ2n) is 8.69.